The number of halogens is 2. The van der Waals surface area contributed by atoms with Gasteiger partial charge in [-0.3, -0.25) is 19.4 Å². The average Bonchev–Trinajstić information content (AvgIpc) is 3.14. The van der Waals surface area contributed by atoms with Crippen LogP contribution in [0.15, 0.2) is 36.9 Å². The molecule has 1 aliphatic heterocycles. The zero-order chi connectivity index (χ0) is 20.4. The first-order valence-electron chi connectivity index (χ1n) is 9.54. The normalized spacial score (nSPS) is 15.9. The SMILES string of the molecule is Cn1cc(-c2cnc3cnc(NC(=O)C4CCN(CC(F)F)CC4)cc3c2)cn1. The number of fused-ring (bicyclic) bond motifs is 1. The van der Waals surface area contributed by atoms with Gasteiger partial charge in [-0.15, -0.1) is 0 Å². The molecule has 0 aliphatic carbocycles. The Morgan fingerprint density at radius 1 is 1.17 bits per heavy atom. The summed E-state index contributed by atoms with van der Waals surface area (Å²) in [6.07, 6.45) is 5.88. The number of pyridine rings is 2. The molecule has 0 radical (unpaired) electrons. The van der Waals surface area contributed by atoms with Crippen molar-refractivity contribution < 1.29 is 13.6 Å². The standard InChI is InChI=1S/C20H22F2N6O/c1-27-11-16(9-25-27)15-6-14-7-19(24-10-17(14)23-8-15)26-20(29)13-2-4-28(5-3-13)12-18(21)22/h6-11,13,18H,2-5,12H2,1H3,(H,24,26,29). The predicted molar refractivity (Wildman–Crippen MR) is 106 cm³/mol. The molecule has 0 unspecified atom stereocenters. The molecule has 4 rings (SSSR count). The summed E-state index contributed by atoms with van der Waals surface area (Å²) in [5, 5.41) is 7.90. The summed E-state index contributed by atoms with van der Waals surface area (Å²) in [6, 6.07) is 3.78. The minimum Gasteiger partial charge on any atom is -0.310 e. The third-order valence-corrected chi connectivity index (χ3v) is 5.21. The third kappa shape index (κ3) is 4.56. The van der Waals surface area contributed by atoms with Gasteiger partial charge < -0.3 is 5.32 Å². The van der Waals surface area contributed by atoms with Gasteiger partial charge in [0.15, 0.2) is 0 Å². The van der Waals surface area contributed by atoms with E-state index in [9.17, 15) is 13.6 Å². The van der Waals surface area contributed by atoms with Gasteiger partial charge in [-0.25, -0.2) is 13.8 Å². The lowest BCUT2D eigenvalue weighted by atomic mass is 9.96. The first-order chi connectivity index (χ1) is 14.0. The molecule has 1 amide bonds. The van der Waals surface area contributed by atoms with E-state index in [1.54, 1.807) is 34.2 Å². The van der Waals surface area contributed by atoms with Crippen LogP contribution in [0, 0.1) is 5.92 Å². The van der Waals surface area contributed by atoms with Gasteiger partial charge in [-0.1, -0.05) is 0 Å². The number of nitrogens with zero attached hydrogens (tertiary/aromatic N) is 5. The largest absolute Gasteiger partial charge is 0.310 e. The molecular formula is C20H22F2N6O. The van der Waals surface area contributed by atoms with Crippen LogP contribution in [0.2, 0.25) is 0 Å². The average molecular weight is 400 g/mol. The van der Waals surface area contributed by atoms with Crippen molar-refractivity contribution in [1.82, 2.24) is 24.6 Å². The zero-order valence-electron chi connectivity index (χ0n) is 16.1. The number of alkyl halides is 2. The molecule has 3 aromatic rings. The lowest BCUT2D eigenvalue weighted by Gasteiger charge is -2.30. The number of aromatic nitrogens is 4. The summed E-state index contributed by atoms with van der Waals surface area (Å²) in [6.45, 7) is 0.783. The molecule has 0 bridgehead atoms. The van der Waals surface area contributed by atoms with Gasteiger partial charge in [0.25, 0.3) is 6.43 Å². The first kappa shape index (κ1) is 19.4. The second-order valence-corrected chi connectivity index (χ2v) is 7.34. The van der Waals surface area contributed by atoms with E-state index in [1.807, 2.05) is 19.3 Å². The number of anilines is 1. The predicted octanol–water partition coefficient (Wildman–Crippen LogP) is 2.95. The monoisotopic (exact) mass is 400 g/mol. The van der Waals surface area contributed by atoms with E-state index in [2.05, 4.69) is 20.4 Å². The van der Waals surface area contributed by atoms with Gasteiger partial charge in [0.2, 0.25) is 5.91 Å². The highest BCUT2D eigenvalue weighted by molar-refractivity contribution is 5.94. The minimum absolute atomic E-state index is 0.120. The first-order valence-corrected chi connectivity index (χ1v) is 9.54. The van der Waals surface area contributed by atoms with Gasteiger partial charge in [-0.2, -0.15) is 5.10 Å². The molecule has 0 saturated carbocycles. The Morgan fingerprint density at radius 3 is 2.66 bits per heavy atom. The maximum absolute atomic E-state index is 12.6. The number of carbonyl (C=O) groups excluding carboxylic acids is 1. The van der Waals surface area contributed by atoms with Crippen LogP contribution in [-0.2, 0) is 11.8 Å². The second-order valence-electron chi connectivity index (χ2n) is 7.34. The van der Waals surface area contributed by atoms with Crippen molar-refractivity contribution in [2.45, 2.75) is 19.3 Å². The molecule has 0 atom stereocenters. The molecule has 1 saturated heterocycles. The molecule has 29 heavy (non-hydrogen) atoms. The molecule has 4 heterocycles. The molecule has 1 aliphatic rings. The van der Waals surface area contributed by atoms with Gasteiger partial charge in [0.1, 0.15) is 5.82 Å². The number of amides is 1. The van der Waals surface area contributed by atoms with Crippen LogP contribution in [-0.4, -0.2) is 56.6 Å². The van der Waals surface area contributed by atoms with Crippen LogP contribution >= 0.6 is 0 Å². The second kappa shape index (κ2) is 8.20. The highest BCUT2D eigenvalue weighted by Gasteiger charge is 2.26. The van der Waals surface area contributed by atoms with Crippen molar-refractivity contribution in [3.8, 4) is 11.1 Å². The summed E-state index contributed by atoms with van der Waals surface area (Å²) >= 11 is 0. The molecule has 0 spiro atoms. The number of piperidine rings is 1. The van der Waals surface area contributed by atoms with Crippen molar-refractivity contribution in [2.24, 2.45) is 13.0 Å². The van der Waals surface area contributed by atoms with E-state index in [0.29, 0.717) is 31.7 Å². The van der Waals surface area contributed by atoms with Crippen LogP contribution in [0.5, 0.6) is 0 Å². The molecule has 1 N–H and O–H groups in total. The van der Waals surface area contributed by atoms with Crippen LogP contribution < -0.4 is 5.32 Å². The van der Waals surface area contributed by atoms with Crippen molar-refractivity contribution in [1.29, 1.82) is 0 Å². The summed E-state index contributed by atoms with van der Waals surface area (Å²) in [5.41, 5.74) is 2.62. The Hall–Kier alpha value is -2.94. The molecule has 3 aromatic heterocycles. The fraction of sp³-hybridized carbons (Fsp3) is 0.400. The number of nitrogens with one attached hydrogen (secondary N) is 1. The van der Waals surface area contributed by atoms with Crippen molar-refractivity contribution in [3.63, 3.8) is 0 Å². The molecule has 1 fully saturated rings. The maximum Gasteiger partial charge on any atom is 0.251 e. The van der Waals surface area contributed by atoms with Crippen molar-refractivity contribution in [2.75, 3.05) is 25.0 Å². The lowest BCUT2D eigenvalue weighted by molar-refractivity contribution is -0.121. The number of hydrogen-bond donors (Lipinski definition) is 1. The Balaban J connectivity index is 1.44. The summed E-state index contributed by atoms with van der Waals surface area (Å²) in [4.78, 5) is 23.0. The molecule has 9 heteroatoms. The smallest absolute Gasteiger partial charge is 0.251 e. The van der Waals surface area contributed by atoms with E-state index < -0.39 is 6.43 Å². The number of rotatable bonds is 5. The van der Waals surface area contributed by atoms with Crippen LogP contribution in [0.3, 0.4) is 0 Å². The van der Waals surface area contributed by atoms with Crippen LogP contribution in [0.1, 0.15) is 12.8 Å². The number of likely N-dealkylation sites (tertiary alicyclic amines) is 1. The van der Waals surface area contributed by atoms with Crippen molar-refractivity contribution in [3.05, 3.63) is 36.9 Å². The van der Waals surface area contributed by atoms with Crippen molar-refractivity contribution >= 4 is 22.6 Å². The number of hydrogen-bond acceptors (Lipinski definition) is 5. The van der Waals surface area contributed by atoms with Gasteiger partial charge >= 0.3 is 0 Å². The van der Waals surface area contributed by atoms with Gasteiger partial charge in [-0.05, 0) is 38.1 Å². The molecule has 152 valence electrons. The van der Waals surface area contributed by atoms with Gasteiger partial charge in [0.05, 0.1) is 24.5 Å². The summed E-state index contributed by atoms with van der Waals surface area (Å²) < 4.78 is 26.7. The van der Waals surface area contributed by atoms with E-state index in [4.69, 9.17) is 0 Å². The maximum atomic E-state index is 12.6. The van der Waals surface area contributed by atoms with E-state index in [-0.39, 0.29) is 18.4 Å². The lowest BCUT2D eigenvalue weighted by Crippen LogP contribution is -2.40. The summed E-state index contributed by atoms with van der Waals surface area (Å²) in [5.74, 6) is 0.147. The number of aryl methyl sites for hydroxylation is 1. The van der Waals surface area contributed by atoms with E-state index in [0.717, 1.165) is 22.0 Å². The summed E-state index contributed by atoms with van der Waals surface area (Å²) in [7, 11) is 1.85. The quantitative estimate of drug-likeness (QED) is 0.713. The van der Waals surface area contributed by atoms with Crippen LogP contribution in [0.4, 0.5) is 14.6 Å². The minimum atomic E-state index is -2.34. The zero-order valence-corrected chi connectivity index (χ0v) is 16.1. The number of carbonyl (C=O) groups is 1. The topological polar surface area (TPSA) is 75.9 Å². The molecule has 0 aromatic carbocycles. The highest BCUT2D eigenvalue weighted by atomic mass is 19.3. The molecule has 7 nitrogen and oxygen atoms in total. The van der Waals surface area contributed by atoms with E-state index in [1.165, 1.54) is 0 Å². The fourth-order valence-electron chi connectivity index (χ4n) is 3.63. The fourth-order valence-corrected chi connectivity index (χ4v) is 3.63. The Labute approximate surface area is 166 Å². The molecular weight excluding hydrogens is 378 g/mol. The van der Waals surface area contributed by atoms with E-state index >= 15 is 0 Å². The Morgan fingerprint density at radius 2 is 1.97 bits per heavy atom. The Kier molecular flexibility index (Phi) is 5.48. The third-order valence-electron chi connectivity index (χ3n) is 5.21. The van der Waals surface area contributed by atoms with Gasteiger partial charge in [0, 0.05) is 41.9 Å². The highest BCUT2D eigenvalue weighted by Crippen LogP contribution is 2.24. The Bertz CT molecular complexity index is 1010. The van der Waals surface area contributed by atoms with Crippen LogP contribution in [0.25, 0.3) is 22.0 Å².